The Morgan fingerprint density at radius 2 is 2.09 bits per heavy atom. The molecule has 1 saturated heterocycles. The van der Waals surface area contributed by atoms with Gasteiger partial charge in [0.05, 0.1) is 6.04 Å². The lowest BCUT2D eigenvalue weighted by Crippen LogP contribution is -2.43. The molecule has 5 heteroatoms. The van der Waals surface area contributed by atoms with Gasteiger partial charge in [-0.1, -0.05) is 12.1 Å². The molecule has 1 atom stereocenters. The van der Waals surface area contributed by atoms with Crippen LogP contribution in [0.25, 0.3) is 0 Å². The van der Waals surface area contributed by atoms with E-state index < -0.39 is 0 Å². The second-order valence-corrected chi connectivity index (χ2v) is 6.63. The fraction of sp³-hybridized carbons (Fsp3) is 0.556. The third kappa shape index (κ3) is 3.39. The van der Waals surface area contributed by atoms with Gasteiger partial charge < -0.3 is 10.2 Å². The number of aryl methyl sites for hydroxylation is 1. The number of hydrogen-bond acceptors (Lipinski definition) is 3. The first kappa shape index (κ1) is 16.0. The molecule has 1 aromatic carbocycles. The van der Waals surface area contributed by atoms with E-state index in [2.05, 4.69) is 22.3 Å². The van der Waals surface area contributed by atoms with Gasteiger partial charge >= 0.3 is 0 Å². The molecule has 2 aliphatic heterocycles. The fourth-order valence-corrected chi connectivity index (χ4v) is 3.55. The summed E-state index contributed by atoms with van der Waals surface area (Å²) in [5.41, 5.74) is 3.44. The van der Waals surface area contributed by atoms with Crippen molar-refractivity contribution in [1.29, 1.82) is 0 Å². The van der Waals surface area contributed by atoms with Crippen LogP contribution >= 0.6 is 0 Å². The third-order valence-corrected chi connectivity index (χ3v) is 4.96. The average molecular weight is 315 g/mol. The van der Waals surface area contributed by atoms with Crippen molar-refractivity contribution in [1.82, 2.24) is 10.2 Å². The lowest BCUT2D eigenvalue weighted by molar-refractivity contribution is -0.125. The minimum Gasteiger partial charge on any atom is -0.355 e. The number of nitrogens with zero attached hydrogens (tertiary/aromatic N) is 2. The highest BCUT2D eigenvalue weighted by Gasteiger charge is 2.25. The number of nitrogens with one attached hydrogen (secondary N) is 1. The van der Waals surface area contributed by atoms with Crippen molar-refractivity contribution in [3.63, 3.8) is 0 Å². The quantitative estimate of drug-likeness (QED) is 0.923. The first-order valence-electron chi connectivity index (χ1n) is 8.42. The smallest absolute Gasteiger partial charge is 0.237 e. The van der Waals surface area contributed by atoms with Gasteiger partial charge in [-0.2, -0.15) is 0 Å². The summed E-state index contributed by atoms with van der Waals surface area (Å²) in [5, 5.41) is 3.00. The summed E-state index contributed by atoms with van der Waals surface area (Å²) in [7, 11) is 3.85. The Bertz CT molecular complexity index is 614. The van der Waals surface area contributed by atoms with Crippen molar-refractivity contribution in [2.75, 3.05) is 25.5 Å². The number of benzene rings is 1. The standard InChI is InChI=1S/C18H25N3O2/c1-20(16-5-3-4-10-19-18(16)23)12-13-6-8-15-14(11-13)7-9-17(22)21(15)2/h6,8,11,16H,3-5,7,9-10,12H2,1-2H3,(H,19,23). The molecule has 0 aromatic heterocycles. The molecule has 2 amide bonds. The molecule has 23 heavy (non-hydrogen) atoms. The Balaban J connectivity index is 1.73. The van der Waals surface area contributed by atoms with E-state index in [4.69, 9.17) is 0 Å². The normalized spacial score (nSPS) is 21.9. The zero-order chi connectivity index (χ0) is 16.4. The van der Waals surface area contributed by atoms with E-state index in [1.807, 2.05) is 20.2 Å². The van der Waals surface area contributed by atoms with Crippen molar-refractivity contribution in [3.8, 4) is 0 Å². The predicted molar refractivity (Wildman–Crippen MR) is 90.3 cm³/mol. The molecule has 3 rings (SSSR count). The lowest BCUT2D eigenvalue weighted by atomic mass is 9.98. The van der Waals surface area contributed by atoms with Gasteiger partial charge in [-0.05, 0) is 49.9 Å². The maximum atomic E-state index is 12.2. The largest absolute Gasteiger partial charge is 0.355 e. The Labute approximate surface area is 137 Å². The van der Waals surface area contributed by atoms with E-state index in [0.29, 0.717) is 6.42 Å². The van der Waals surface area contributed by atoms with E-state index in [1.165, 1.54) is 11.1 Å². The van der Waals surface area contributed by atoms with Crippen LogP contribution in [-0.2, 0) is 22.6 Å². The van der Waals surface area contributed by atoms with E-state index in [-0.39, 0.29) is 17.9 Å². The van der Waals surface area contributed by atoms with Crippen molar-refractivity contribution < 1.29 is 9.59 Å². The zero-order valence-corrected chi connectivity index (χ0v) is 14.0. The number of fused-ring (bicyclic) bond motifs is 1. The number of anilines is 1. The van der Waals surface area contributed by atoms with Crippen LogP contribution in [0.15, 0.2) is 18.2 Å². The Morgan fingerprint density at radius 1 is 1.26 bits per heavy atom. The minimum absolute atomic E-state index is 0.0437. The molecular formula is C18H25N3O2. The summed E-state index contributed by atoms with van der Waals surface area (Å²) in [4.78, 5) is 27.8. The van der Waals surface area contributed by atoms with Gasteiger partial charge in [-0.3, -0.25) is 14.5 Å². The van der Waals surface area contributed by atoms with E-state index in [0.717, 1.165) is 44.5 Å². The molecule has 2 aliphatic rings. The molecule has 0 saturated carbocycles. The van der Waals surface area contributed by atoms with Crippen LogP contribution < -0.4 is 10.2 Å². The molecule has 5 nitrogen and oxygen atoms in total. The highest BCUT2D eigenvalue weighted by molar-refractivity contribution is 5.95. The van der Waals surface area contributed by atoms with Crippen LogP contribution in [0, 0.1) is 0 Å². The molecule has 2 heterocycles. The summed E-state index contributed by atoms with van der Waals surface area (Å²) in [6.07, 6.45) is 4.46. The Kier molecular flexibility index (Phi) is 4.66. The van der Waals surface area contributed by atoms with Crippen molar-refractivity contribution >= 4 is 17.5 Å². The molecule has 1 fully saturated rings. The second kappa shape index (κ2) is 6.71. The van der Waals surface area contributed by atoms with Crippen molar-refractivity contribution in [3.05, 3.63) is 29.3 Å². The van der Waals surface area contributed by atoms with E-state index in [9.17, 15) is 9.59 Å². The predicted octanol–water partition coefficient (Wildman–Crippen LogP) is 1.70. The zero-order valence-electron chi connectivity index (χ0n) is 14.0. The highest BCUT2D eigenvalue weighted by Crippen LogP contribution is 2.28. The highest BCUT2D eigenvalue weighted by atomic mass is 16.2. The van der Waals surface area contributed by atoms with Crippen LogP contribution in [-0.4, -0.2) is 43.4 Å². The molecule has 124 valence electrons. The van der Waals surface area contributed by atoms with Crippen LogP contribution in [0.4, 0.5) is 5.69 Å². The summed E-state index contributed by atoms with van der Waals surface area (Å²) in [6.45, 7) is 1.55. The van der Waals surface area contributed by atoms with Gasteiger partial charge in [0.2, 0.25) is 11.8 Å². The summed E-state index contributed by atoms with van der Waals surface area (Å²) < 4.78 is 0. The molecule has 1 aromatic rings. The van der Waals surface area contributed by atoms with Gasteiger partial charge in [0, 0.05) is 32.2 Å². The third-order valence-electron chi connectivity index (χ3n) is 4.96. The lowest BCUT2D eigenvalue weighted by Gasteiger charge is -2.28. The Morgan fingerprint density at radius 3 is 2.91 bits per heavy atom. The second-order valence-electron chi connectivity index (χ2n) is 6.63. The summed E-state index contributed by atoms with van der Waals surface area (Å²) in [5.74, 6) is 0.325. The van der Waals surface area contributed by atoms with Gasteiger partial charge in [-0.25, -0.2) is 0 Å². The molecule has 1 N–H and O–H groups in total. The number of likely N-dealkylation sites (N-methyl/N-ethyl adjacent to an activating group) is 1. The van der Waals surface area contributed by atoms with Gasteiger partial charge in [-0.15, -0.1) is 0 Å². The first-order chi connectivity index (χ1) is 11.1. The monoisotopic (exact) mass is 315 g/mol. The number of rotatable bonds is 3. The van der Waals surface area contributed by atoms with Crippen molar-refractivity contribution in [2.24, 2.45) is 0 Å². The average Bonchev–Trinajstić information content (AvgIpc) is 2.75. The van der Waals surface area contributed by atoms with E-state index >= 15 is 0 Å². The molecule has 0 bridgehead atoms. The topological polar surface area (TPSA) is 52.7 Å². The first-order valence-corrected chi connectivity index (χ1v) is 8.42. The van der Waals surface area contributed by atoms with Gasteiger partial charge in [0.25, 0.3) is 0 Å². The maximum Gasteiger partial charge on any atom is 0.237 e. The van der Waals surface area contributed by atoms with Crippen LogP contribution in [0.5, 0.6) is 0 Å². The molecule has 0 aliphatic carbocycles. The summed E-state index contributed by atoms with van der Waals surface area (Å²) in [6, 6.07) is 6.24. The molecular weight excluding hydrogens is 290 g/mol. The number of hydrogen-bond donors (Lipinski definition) is 1. The summed E-state index contributed by atoms with van der Waals surface area (Å²) >= 11 is 0. The Hall–Kier alpha value is -1.88. The maximum absolute atomic E-state index is 12.2. The van der Waals surface area contributed by atoms with Crippen molar-refractivity contribution in [2.45, 2.75) is 44.7 Å². The van der Waals surface area contributed by atoms with Crippen LogP contribution in [0.1, 0.15) is 36.8 Å². The SMILES string of the molecule is CN1C(=O)CCc2cc(CN(C)C3CCCCNC3=O)ccc21. The van der Waals surface area contributed by atoms with Gasteiger partial charge in [0.15, 0.2) is 0 Å². The number of carbonyl (C=O) groups excluding carboxylic acids is 2. The number of amides is 2. The van der Waals surface area contributed by atoms with Gasteiger partial charge in [0.1, 0.15) is 0 Å². The molecule has 0 radical (unpaired) electrons. The van der Waals surface area contributed by atoms with Crippen LogP contribution in [0.2, 0.25) is 0 Å². The minimum atomic E-state index is -0.0437. The number of carbonyl (C=O) groups is 2. The van der Waals surface area contributed by atoms with E-state index in [1.54, 1.807) is 4.90 Å². The molecule has 0 spiro atoms. The fourth-order valence-electron chi connectivity index (χ4n) is 3.55. The molecule has 1 unspecified atom stereocenters. The van der Waals surface area contributed by atoms with Crippen LogP contribution in [0.3, 0.4) is 0 Å².